The smallest absolute Gasteiger partial charge is 0.144 e. The minimum Gasteiger partial charge on any atom is -0.387 e. The first kappa shape index (κ1) is 21.3. The summed E-state index contributed by atoms with van der Waals surface area (Å²) >= 11 is 6.17. The van der Waals surface area contributed by atoms with Gasteiger partial charge in [-0.3, -0.25) is 0 Å². The van der Waals surface area contributed by atoms with Crippen LogP contribution in [0.5, 0.6) is 0 Å². The fraction of sp³-hybridized carbons (Fsp3) is 0.476. The first-order valence-electron chi connectivity index (χ1n) is 9.23. The largest absolute Gasteiger partial charge is 0.387 e. The number of rotatable bonds is 6. The number of amidine groups is 1. The monoisotopic (exact) mass is 392 g/mol. The summed E-state index contributed by atoms with van der Waals surface area (Å²) in [6.07, 6.45) is 7.30. The third-order valence-corrected chi connectivity index (χ3v) is 5.17. The van der Waals surface area contributed by atoms with Crippen LogP contribution in [0.2, 0.25) is 5.02 Å². The van der Waals surface area contributed by atoms with Crippen molar-refractivity contribution in [2.75, 3.05) is 7.05 Å². The average Bonchev–Trinajstić information content (AvgIpc) is 2.83. The molecule has 0 aromatic heterocycles. The van der Waals surface area contributed by atoms with Gasteiger partial charge in [-0.2, -0.15) is 0 Å². The number of aliphatic imine (C=N–C) groups is 1. The Morgan fingerprint density at radius 1 is 1.41 bits per heavy atom. The first-order valence-corrected chi connectivity index (χ1v) is 9.61. The summed E-state index contributed by atoms with van der Waals surface area (Å²) in [6.45, 7) is 9.92. The fourth-order valence-electron chi connectivity index (χ4n) is 3.37. The normalized spacial score (nSPS) is 18.2. The van der Waals surface area contributed by atoms with Crippen LogP contribution < -0.4 is 5.73 Å². The molecule has 0 fully saturated rings. The molecule has 0 aliphatic carbocycles. The Hall–Kier alpha value is -2.01. The summed E-state index contributed by atoms with van der Waals surface area (Å²) in [5, 5.41) is 0.186. The van der Waals surface area contributed by atoms with E-state index in [9.17, 15) is 4.39 Å². The van der Waals surface area contributed by atoms with Crippen LogP contribution in [-0.2, 0) is 12.8 Å². The van der Waals surface area contributed by atoms with Crippen molar-refractivity contribution in [3.63, 3.8) is 0 Å². The number of nitrogens with two attached hydrogens (primary N) is 1. The van der Waals surface area contributed by atoms with Gasteiger partial charge in [-0.15, -0.1) is 0 Å². The highest BCUT2D eigenvalue weighted by Crippen LogP contribution is 2.31. The summed E-state index contributed by atoms with van der Waals surface area (Å²) in [4.78, 5) is 8.44. The Labute approximate surface area is 167 Å². The molecule has 0 saturated heterocycles. The molecule has 6 heteroatoms. The molecule has 148 valence electrons. The number of likely N-dealkylation sites (N-methyl/N-ethyl adjacent to an activating group) is 1. The first-order chi connectivity index (χ1) is 12.6. The zero-order valence-electron chi connectivity index (χ0n) is 17.1. The minimum atomic E-state index is -0.311. The van der Waals surface area contributed by atoms with Gasteiger partial charge in [-0.25, -0.2) is 9.38 Å². The zero-order chi connectivity index (χ0) is 20.3. The van der Waals surface area contributed by atoms with Crippen molar-refractivity contribution in [3.05, 3.63) is 57.9 Å². The van der Waals surface area contributed by atoms with Gasteiger partial charge in [0.15, 0.2) is 0 Å². The quantitative estimate of drug-likeness (QED) is 0.558. The molecule has 0 amide bonds. The lowest BCUT2D eigenvalue weighted by Crippen LogP contribution is -2.37. The van der Waals surface area contributed by atoms with Crippen LogP contribution in [0.3, 0.4) is 0 Å². The van der Waals surface area contributed by atoms with Gasteiger partial charge in [0.1, 0.15) is 12.0 Å². The molecule has 0 saturated carbocycles. The van der Waals surface area contributed by atoms with Gasteiger partial charge in [0, 0.05) is 37.8 Å². The van der Waals surface area contributed by atoms with Crippen LogP contribution in [0.4, 0.5) is 4.39 Å². The molecule has 1 aromatic rings. The maximum absolute atomic E-state index is 14.4. The number of halogens is 2. The van der Waals surface area contributed by atoms with E-state index in [1.54, 1.807) is 19.2 Å². The van der Waals surface area contributed by atoms with E-state index >= 15 is 0 Å². The number of allylic oxidation sites excluding steroid dienone is 1. The summed E-state index contributed by atoms with van der Waals surface area (Å²) < 4.78 is 14.4. The predicted octanol–water partition coefficient (Wildman–Crippen LogP) is 4.81. The topological polar surface area (TPSA) is 44.9 Å². The van der Waals surface area contributed by atoms with Crippen LogP contribution in [0.1, 0.15) is 44.4 Å². The molecule has 1 aliphatic heterocycles. The van der Waals surface area contributed by atoms with Crippen LogP contribution in [-0.4, -0.2) is 28.8 Å². The molecule has 0 bridgehead atoms. The number of hydrogen-bond acceptors (Lipinski definition) is 3. The SMILES string of the molecule is CC1=CN(/C=C\N=C(/C)N)C(Cc2cc(Cl)c(F)c(C)c2CC(C)C)N1C. The Morgan fingerprint density at radius 3 is 2.67 bits per heavy atom. The molecule has 1 atom stereocenters. The molecule has 2 rings (SSSR count). The van der Waals surface area contributed by atoms with Crippen molar-refractivity contribution in [2.45, 2.75) is 53.6 Å². The van der Waals surface area contributed by atoms with E-state index < -0.39 is 0 Å². The fourth-order valence-corrected chi connectivity index (χ4v) is 3.64. The average molecular weight is 393 g/mol. The Balaban J connectivity index is 2.38. The van der Waals surface area contributed by atoms with Crippen molar-refractivity contribution in [1.82, 2.24) is 9.80 Å². The number of hydrogen-bond donors (Lipinski definition) is 1. The maximum atomic E-state index is 14.4. The molecule has 1 aromatic carbocycles. The van der Waals surface area contributed by atoms with Gasteiger partial charge in [0.25, 0.3) is 0 Å². The van der Waals surface area contributed by atoms with Gasteiger partial charge in [0.2, 0.25) is 0 Å². The van der Waals surface area contributed by atoms with E-state index in [4.69, 9.17) is 17.3 Å². The standard InChI is InChI=1S/C21H30ClFN4/c1-13(2)9-18-15(4)21(23)19(22)10-17(18)11-20-26(6)14(3)12-27(20)8-7-25-16(5)24/h7-8,10,12-13,20H,9,11H2,1-6H3,(H2,24,25)/b8-7-. The molecule has 1 aliphatic rings. The Bertz CT molecular complexity index is 779. The highest BCUT2D eigenvalue weighted by Gasteiger charge is 2.28. The highest BCUT2D eigenvalue weighted by molar-refractivity contribution is 6.30. The summed E-state index contributed by atoms with van der Waals surface area (Å²) in [5.41, 5.74) is 9.56. The van der Waals surface area contributed by atoms with Crippen molar-refractivity contribution >= 4 is 17.4 Å². The van der Waals surface area contributed by atoms with Crippen molar-refractivity contribution in [1.29, 1.82) is 0 Å². The zero-order valence-corrected chi connectivity index (χ0v) is 17.8. The van der Waals surface area contributed by atoms with Crippen molar-refractivity contribution in [2.24, 2.45) is 16.6 Å². The molecule has 0 radical (unpaired) electrons. The van der Waals surface area contributed by atoms with E-state index in [1.807, 2.05) is 13.1 Å². The van der Waals surface area contributed by atoms with Gasteiger partial charge >= 0.3 is 0 Å². The number of nitrogens with zero attached hydrogens (tertiary/aromatic N) is 3. The molecule has 0 spiro atoms. The lowest BCUT2D eigenvalue weighted by atomic mass is 9.91. The molecular formula is C21H30ClFN4. The third-order valence-electron chi connectivity index (χ3n) is 4.90. The summed E-state index contributed by atoms with van der Waals surface area (Å²) in [7, 11) is 2.06. The summed E-state index contributed by atoms with van der Waals surface area (Å²) in [6, 6.07) is 1.78. The second-order valence-electron chi connectivity index (χ2n) is 7.61. The van der Waals surface area contributed by atoms with Crippen LogP contribution in [0.25, 0.3) is 0 Å². The lowest BCUT2D eigenvalue weighted by molar-refractivity contribution is 0.213. The van der Waals surface area contributed by atoms with Crippen LogP contribution >= 0.6 is 11.6 Å². The van der Waals surface area contributed by atoms with E-state index in [0.29, 0.717) is 17.3 Å². The molecule has 2 N–H and O–H groups in total. The number of benzene rings is 1. The van der Waals surface area contributed by atoms with Gasteiger partial charge in [0.05, 0.1) is 10.9 Å². The molecule has 4 nitrogen and oxygen atoms in total. The molecule has 1 heterocycles. The van der Waals surface area contributed by atoms with E-state index in [1.165, 1.54) is 0 Å². The van der Waals surface area contributed by atoms with Gasteiger partial charge < -0.3 is 15.5 Å². The van der Waals surface area contributed by atoms with Gasteiger partial charge in [-0.1, -0.05) is 25.4 Å². The summed E-state index contributed by atoms with van der Waals surface area (Å²) in [5.74, 6) is 0.632. The maximum Gasteiger partial charge on any atom is 0.144 e. The van der Waals surface area contributed by atoms with Crippen LogP contribution in [0, 0.1) is 18.7 Å². The van der Waals surface area contributed by atoms with Crippen molar-refractivity contribution < 1.29 is 4.39 Å². The van der Waals surface area contributed by atoms with Gasteiger partial charge in [-0.05, 0) is 55.9 Å². The second kappa shape index (κ2) is 8.79. The van der Waals surface area contributed by atoms with E-state index in [0.717, 1.165) is 29.7 Å². The lowest BCUT2D eigenvalue weighted by Gasteiger charge is -2.30. The Kier molecular flexibility index (Phi) is 6.93. The molecule has 1 unspecified atom stereocenters. The predicted molar refractivity (Wildman–Crippen MR) is 112 cm³/mol. The minimum absolute atomic E-state index is 0.0707. The van der Waals surface area contributed by atoms with Crippen molar-refractivity contribution in [3.8, 4) is 0 Å². The van der Waals surface area contributed by atoms with Crippen LogP contribution in [0.15, 0.2) is 35.4 Å². The van der Waals surface area contributed by atoms with E-state index in [-0.39, 0.29) is 17.0 Å². The Morgan fingerprint density at radius 2 is 2.07 bits per heavy atom. The third kappa shape index (κ3) is 5.04. The van der Waals surface area contributed by atoms with E-state index in [2.05, 4.69) is 48.8 Å². The second-order valence-corrected chi connectivity index (χ2v) is 8.02. The highest BCUT2D eigenvalue weighted by atomic mass is 35.5. The molecular weight excluding hydrogens is 363 g/mol. The molecule has 27 heavy (non-hydrogen) atoms.